The molecule has 98 valence electrons. The molecule has 0 radical (unpaired) electrons. The maximum absolute atomic E-state index is 11.6. The van der Waals surface area contributed by atoms with Gasteiger partial charge in [0.05, 0.1) is 13.5 Å². The number of benzene rings is 1. The Morgan fingerprint density at radius 1 is 1.28 bits per heavy atom. The molecule has 0 saturated carbocycles. The minimum Gasteiger partial charge on any atom is -0.469 e. The standard InChI is InChI=1S/C13H17NO3S/c1-9-5-10(8-12(15)17-4)7-11(6-9)18-13(16)14(2)3/h5-7H,8H2,1-4H3. The van der Waals surface area contributed by atoms with Crippen LogP contribution in [0.5, 0.6) is 0 Å². The summed E-state index contributed by atoms with van der Waals surface area (Å²) in [5.74, 6) is -0.282. The minimum atomic E-state index is -0.282. The molecule has 4 nitrogen and oxygen atoms in total. The lowest BCUT2D eigenvalue weighted by Crippen LogP contribution is -2.16. The van der Waals surface area contributed by atoms with Crippen molar-refractivity contribution < 1.29 is 14.3 Å². The number of thioether (sulfide) groups is 1. The van der Waals surface area contributed by atoms with E-state index in [0.717, 1.165) is 27.8 Å². The van der Waals surface area contributed by atoms with Gasteiger partial charge in [0.15, 0.2) is 0 Å². The molecule has 0 saturated heterocycles. The van der Waals surface area contributed by atoms with Crippen LogP contribution in [-0.4, -0.2) is 37.3 Å². The summed E-state index contributed by atoms with van der Waals surface area (Å²) < 4.78 is 4.63. The van der Waals surface area contributed by atoms with Gasteiger partial charge in [-0.3, -0.25) is 9.59 Å². The van der Waals surface area contributed by atoms with Crippen LogP contribution in [0.3, 0.4) is 0 Å². The highest BCUT2D eigenvalue weighted by Gasteiger charge is 2.10. The molecule has 0 heterocycles. The predicted octanol–water partition coefficient (Wildman–Crippen LogP) is 2.48. The van der Waals surface area contributed by atoms with E-state index in [0.29, 0.717) is 0 Å². The number of carbonyl (C=O) groups excluding carboxylic acids is 2. The fourth-order valence-corrected chi connectivity index (χ4v) is 2.26. The summed E-state index contributed by atoms with van der Waals surface area (Å²) in [4.78, 5) is 25.2. The monoisotopic (exact) mass is 267 g/mol. The van der Waals surface area contributed by atoms with Crippen molar-refractivity contribution in [3.63, 3.8) is 0 Å². The van der Waals surface area contributed by atoms with Gasteiger partial charge in [-0.1, -0.05) is 6.07 Å². The molecule has 0 aromatic heterocycles. The van der Waals surface area contributed by atoms with Gasteiger partial charge in [0.2, 0.25) is 0 Å². The maximum atomic E-state index is 11.6. The van der Waals surface area contributed by atoms with Gasteiger partial charge in [-0.2, -0.15) is 0 Å². The molecule has 5 heteroatoms. The normalized spacial score (nSPS) is 10.0. The zero-order valence-electron chi connectivity index (χ0n) is 11.0. The Labute approximate surface area is 111 Å². The highest BCUT2D eigenvalue weighted by Crippen LogP contribution is 2.23. The third-order valence-corrected chi connectivity index (χ3v) is 3.27. The minimum absolute atomic E-state index is 0.0374. The Kier molecular flexibility index (Phi) is 5.22. The molecule has 0 atom stereocenters. The molecule has 0 unspecified atom stereocenters. The van der Waals surface area contributed by atoms with Crippen LogP contribution in [0.4, 0.5) is 4.79 Å². The van der Waals surface area contributed by atoms with E-state index in [1.54, 1.807) is 14.1 Å². The van der Waals surface area contributed by atoms with Crippen molar-refractivity contribution in [2.45, 2.75) is 18.2 Å². The Hall–Kier alpha value is -1.49. The molecule has 1 rings (SSSR count). The van der Waals surface area contributed by atoms with Crippen LogP contribution in [0.2, 0.25) is 0 Å². The van der Waals surface area contributed by atoms with Crippen molar-refractivity contribution in [3.05, 3.63) is 29.3 Å². The average molecular weight is 267 g/mol. The largest absolute Gasteiger partial charge is 0.469 e. The van der Waals surface area contributed by atoms with Crippen LogP contribution in [0.25, 0.3) is 0 Å². The lowest BCUT2D eigenvalue weighted by Gasteiger charge is -2.10. The number of esters is 1. The smallest absolute Gasteiger partial charge is 0.309 e. The molecular formula is C13H17NO3S. The highest BCUT2D eigenvalue weighted by atomic mass is 32.2. The van der Waals surface area contributed by atoms with Crippen LogP contribution >= 0.6 is 11.8 Å². The van der Waals surface area contributed by atoms with Gasteiger partial charge >= 0.3 is 5.97 Å². The SMILES string of the molecule is COC(=O)Cc1cc(C)cc(SC(=O)N(C)C)c1. The van der Waals surface area contributed by atoms with Crippen molar-refractivity contribution in [2.24, 2.45) is 0 Å². The average Bonchev–Trinajstić information content (AvgIpc) is 2.27. The van der Waals surface area contributed by atoms with Crippen LogP contribution in [-0.2, 0) is 16.0 Å². The van der Waals surface area contributed by atoms with E-state index >= 15 is 0 Å². The number of nitrogens with zero attached hydrogens (tertiary/aromatic N) is 1. The molecule has 1 aromatic carbocycles. The summed E-state index contributed by atoms with van der Waals surface area (Å²) >= 11 is 1.15. The number of hydrogen-bond acceptors (Lipinski definition) is 4. The Morgan fingerprint density at radius 3 is 2.50 bits per heavy atom. The zero-order chi connectivity index (χ0) is 13.7. The first-order valence-corrected chi connectivity index (χ1v) is 6.30. The Morgan fingerprint density at radius 2 is 1.94 bits per heavy atom. The second kappa shape index (κ2) is 6.44. The summed E-state index contributed by atoms with van der Waals surface area (Å²) in [6.07, 6.45) is 0.224. The molecule has 0 spiro atoms. The number of rotatable bonds is 3. The van der Waals surface area contributed by atoms with Crippen LogP contribution in [0.15, 0.2) is 23.1 Å². The number of methoxy groups -OCH3 is 1. The Bertz CT molecular complexity index is 458. The molecule has 0 aliphatic heterocycles. The lowest BCUT2D eigenvalue weighted by molar-refractivity contribution is -0.139. The van der Waals surface area contributed by atoms with Crippen LogP contribution < -0.4 is 0 Å². The summed E-state index contributed by atoms with van der Waals surface area (Å²) in [5.41, 5.74) is 1.88. The summed E-state index contributed by atoms with van der Waals surface area (Å²) in [6, 6.07) is 5.68. The molecule has 0 aliphatic rings. The first-order valence-electron chi connectivity index (χ1n) is 5.49. The van der Waals surface area contributed by atoms with Crippen LogP contribution in [0, 0.1) is 6.92 Å². The third-order valence-electron chi connectivity index (χ3n) is 2.26. The molecule has 18 heavy (non-hydrogen) atoms. The second-order valence-corrected chi connectivity index (χ2v) is 5.19. The summed E-state index contributed by atoms with van der Waals surface area (Å²) in [6.45, 7) is 1.94. The van der Waals surface area contributed by atoms with Crippen molar-refractivity contribution in [2.75, 3.05) is 21.2 Å². The van der Waals surface area contributed by atoms with Gasteiger partial charge in [0.25, 0.3) is 5.24 Å². The van der Waals surface area contributed by atoms with Crippen molar-refractivity contribution in [1.82, 2.24) is 4.90 Å². The fourth-order valence-electron chi connectivity index (χ4n) is 1.42. The zero-order valence-corrected chi connectivity index (χ0v) is 11.8. The van der Waals surface area contributed by atoms with Gasteiger partial charge < -0.3 is 9.64 Å². The van der Waals surface area contributed by atoms with Crippen molar-refractivity contribution >= 4 is 23.0 Å². The Balaban J connectivity index is 2.87. The predicted molar refractivity (Wildman–Crippen MR) is 71.8 cm³/mol. The molecule has 1 aromatic rings. The summed E-state index contributed by atoms with van der Waals surface area (Å²) in [5, 5.41) is -0.0374. The number of carbonyl (C=O) groups is 2. The van der Waals surface area contributed by atoms with E-state index in [-0.39, 0.29) is 17.6 Å². The van der Waals surface area contributed by atoms with Crippen LogP contribution in [0.1, 0.15) is 11.1 Å². The third kappa shape index (κ3) is 4.41. The van der Waals surface area contributed by atoms with Gasteiger partial charge in [-0.15, -0.1) is 0 Å². The van der Waals surface area contributed by atoms with E-state index in [2.05, 4.69) is 4.74 Å². The first-order chi connectivity index (χ1) is 8.42. The van der Waals surface area contributed by atoms with E-state index < -0.39 is 0 Å². The molecule has 0 bridgehead atoms. The lowest BCUT2D eigenvalue weighted by atomic mass is 10.1. The summed E-state index contributed by atoms with van der Waals surface area (Å²) in [7, 11) is 4.78. The quantitative estimate of drug-likeness (QED) is 0.623. The van der Waals surface area contributed by atoms with Gasteiger partial charge in [-0.25, -0.2) is 0 Å². The van der Waals surface area contributed by atoms with Gasteiger partial charge in [0, 0.05) is 19.0 Å². The number of aryl methyl sites for hydroxylation is 1. The molecule has 0 fully saturated rings. The molecule has 0 aliphatic carbocycles. The molecular weight excluding hydrogens is 250 g/mol. The molecule has 1 amide bonds. The van der Waals surface area contributed by atoms with E-state index in [9.17, 15) is 9.59 Å². The first kappa shape index (κ1) is 14.6. The van der Waals surface area contributed by atoms with Crippen molar-refractivity contribution in [3.8, 4) is 0 Å². The maximum Gasteiger partial charge on any atom is 0.309 e. The van der Waals surface area contributed by atoms with E-state index in [4.69, 9.17) is 0 Å². The number of hydrogen-bond donors (Lipinski definition) is 0. The number of ether oxygens (including phenoxy) is 1. The number of amides is 1. The molecule has 0 N–H and O–H groups in total. The fraction of sp³-hybridized carbons (Fsp3) is 0.385. The second-order valence-electron chi connectivity index (χ2n) is 4.17. The topological polar surface area (TPSA) is 46.6 Å². The van der Waals surface area contributed by atoms with E-state index in [1.807, 2.05) is 25.1 Å². The highest BCUT2D eigenvalue weighted by molar-refractivity contribution is 8.13. The van der Waals surface area contributed by atoms with Crippen molar-refractivity contribution in [1.29, 1.82) is 0 Å². The van der Waals surface area contributed by atoms with E-state index in [1.165, 1.54) is 12.0 Å². The van der Waals surface area contributed by atoms with Gasteiger partial charge in [0.1, 0.15) is 0 Å². The van der Waals surface area contributed by atoms with Gasteiger partial charge in [-0.05, 0) is 41.9 Å².